The fourth-order valence-corrected chi connectivity index (χ4v) is 2.06. The molecule has 86 valence electrons. The molecule has 4 heteroatoms. The lowest BCUT2D eigenvalue weighted by molar-refractivity contribution is -0.119. The van der Waals surface area contributed by atoms with Gasteiger partial charge in [-0.2, -0.15) is 0 Å². The second-order valence-corrected chi connectivity index (χ2v) is 4.13. The van der Waals surface area contributed by atoms with Crippen LogP contribution in [0.4, 0.5) is 5.69 Å². The Kier molecular flexibility index (Phi) is 3.10. The topological polar surface area (TPSA) is 58.4 Å². The zero-order valence-electron chi connectivity index (χ0n) is 9.44. The molecular formula is C12H17N3O. The molecule has 0 aromatic heterocycles. The lowest BCUT2D eigenvalue weighted by Crippen LogP contribution is -2.37. The van der Waals surface area contributed by atoms with Gasteiger partial charge in [-0.1, -0.05) is 18.2 Å². The highest BCUT2D eigenvalue weighted by Gasteiger charge is 2.27. The molecule has 1 fully saturated rings. The van der Waals surface area contributed by atoms with Crippen molar-refractivity contribution in [1.29, 1.82) is 0 Å². The summed E-state index contributed by atoms with van der Waals surface area (Å²) >= 11 is 0. The average molecular weight is 219 g/mol. The van der Waals surface area contributed by atoms with Crippen molar-refractivity contribution < 1.29 is 4.79 Å². The van der Waals surface area contributed by atoms with Gasteiger partial charge in [0.05, 0.1) is 18.2 Å². The number of hydrogen-bond acceptors (Lipinski definition) is 3. The zero-order chi connectivity index (χ0) is 11.5. The Morgan fingerprint density at radius 2 is 2.25 bits per heavy atom. The van der Waals surface area contributed by atoms with E-state index in [0.29, 0.717) is 13.0 Å². The number of anilines is 1. The van der Waals surface area contributed by atoms with Gasteiger partial charge in [-0.05, 0) is 31.5 Å². The van der Waals surface area contributed by atoms with E-state index in [0.717, 1.165) is 12.1 Å². The van der Waals surface area contributed by atoms with E-state index in [-0.39, 0.29) is 11.9 Å². The number of para-hydroxylation sites is 1. The van der Waals surface area contributed by atoms with Crippen LogP contribution in [0.5, 0.6) is 0 Å². The summed E-state index contributed by atoms with van der Waals surface area (Å²) in [6, 6.07) is 8.25. The summed E-state index contributed by atoms with van der Waals surface area (Å²) < 4.78 is 0. The van der Waals surface area contributed by atoms with Crippen molar-refractivity contribution >= 4 is 11.6 Å². The Bertz CT molecular complexity index is 392. The van der Waals surface area contributed by atoms with Crippen molar-refractivity contribution in [2.45, 2.75) is 25.8 Å². The molecule has 0 bridgehead atoms. The van der Waals surface area contributed by atoms with Crippen LogP contribution in [-0.4, -0.2) is 18.5 Å². The fourth-order valence-electron chi connectivity index (χ4n) is 2.06. The molecule has 0 saturated carbocycles. The molecule has 1 aromatic rings. The van der Waals surface area contributed by atoms with Crippen LogP contribution < -0.4 is 16.2 Å². The Morgan fingerprint density at radius 1 is 1.50 bits per heavy atom. The van der Waals surface area contributed by atoms with Gasteiger partial charge in [0.1, 0.15) is 0 Å². The summed E-state index contributed by atoms with van der Waals surface area (Å²) in [6.45, 7) is 2.66. The van der Waals surface area contributed by atoms with Gasteiger partial charge < -0.3 is 5.73 Å². The third kappa shape index (κ3) is 2.02. The number of carbonyl (C=O) groups is 1. The fraction of sp³-hybridized carbons (Fsp3) is 0.417. The molecule has 1 atom stereocenters. The van der Waals surface area contributed by atoms with Crippen LogP contribution in [0.1, 0.15) is 18.9 Å². The largest absolute Gasteiger partial charge is 0.330 e. The summed E-state index contributed by atoms with van der Waals surface area (Å²) in [5.41, 5.74) is 10.7. The molecule has 16 heavy (non-hydrogen) atoms. The van der Waals surface area contributed by atoms with E-state index in [1.54, 1.807) is 0 Å². The van der Waals surface area contributed by atoms with Crippen LogP contribution in [0.25, 0.3) is 0 Å². The molecule has 4 nitrogen and oxygen atoms in total. The highest BCUT2D eigenvalue weighted by Crippen LogP contribution is 2.24. The highest BCUT2D eigenvalue weighted by atomic mass is 16.2. The third-order valence-electron chi connectivity index (χ3n) is 2.83. The molecule has 0 aliphatic carbocycles. The molecule has 1 heterocycles. The smallest absolute Gasteiger partial charge is 0.240 e. The van der Waals surface area contributed by atoms with Crippen LogP contribution in [0.15, 0.2) is 24.3 Å². The molecular weight excluding hydrogens is 202 g/mol. The predicted octanol–water partition coefficient (Wildman–Crippen LogP) is 0.818. The molecule has 3 N–H and O–H groups in total. The molecule has 1 saturated heterocycles. The molecule has 2 rings (SSSR count). The van der Waals surface area contributed by atoms with Crippen molar-refractivity contribution in [1.82, 2.24) is 5.43 Å². The number of hydrazine groups is 1. The van der Waals surface area contributed by atoms with Gasteiger partial charge in [0.15, 0.2) is 0 Å². The molecule has 1 unspecified atom stereocenters. The molecule has 1 amide bonds. The van der Waals surface area contributed by atoms with Crippen molar-refractivity contribution in [2.24, 2.45) is 5.73 Å². The number of carbonyl (C=O) groups excluding carboxylic acids is 1. The van der Waals surface area contributed by atoms with Gasteiger partial charge in [-0.15, -0.1) is 0 Å². The molecule has 1 aliphatic rings. The predicted molar refractivity (Wildman–Crippen MR) is 63.9 cm³/mol. The van der Waals surface area contributed by atoms with Crippen LogP contribution >= 0.6 is 0 Å². The first-order chi connectivity index (χ1) is 7.72. The van der Waals surface area contributed by atoms with Gasteiger partial charge in [-0.3, -0.25) is 15.2 Å². The minimum atomic E-state index is 0.0788. The molecule has 1 aliphatic heterocycles. The van der Waals surface area contributed by atoms with Gasteiger partial charge >= 0.3 is 0 Å². The van der Waals surface area contributed by atoms with Crippen molar-refractivity contribution in [2.75, 3.05) is 11.6 Å². The summed E-state index contributed by atoms with van der Waals surface area (Å²) in [5.74, 6) is 0.0788. The summed E-state index contributed by atoms with van der Waals surface area (Å²) in [7, 11) is 0. The number of hydrogen-bond donors (Lipinski definition) is 2. The molecule has 1 aromatic carbocycles. The first kappa shape index (κ1) is 11.0. The quantitative estimate of drug-likeness (QED) is 0.791. The van der Waals surface area contributed by atoms with E-state index < -0.39 is 0 Å². The van der Waals surface area contributed by atoms with Crippen LogP contribution in [0.3, 0.4) is 0 Å². The van der Waals surface area contributed by atoms with E-state index in [4.69, 9.17) is 5.73 Å². The van der Waals surface area contributed by atoms with Crippen LogP contribution in [-0.2, 0) is 11.2 Å². The zero-order valence-corrected chi connectivity index (χ0v) is 9.44. The maximum atomic E-state index is 11.3. The summed E-state index contributed by atoms with van der Waals surface area (Å²) in [4.78, 5) is 11.3. The highest BCUT2D eigenvalue weighted by molar-refractivity contribution is 5.82. The maximum absolute atomic E-state index is 11.3. The number of nitrogens with two attached hydrogens (primary N) is 1. The molecule has 0 spiro atoms. The normalized spacial score (nSPS) is 20.0. The van der Waals surface area contributed by atoms with Gasteiger partial charge in [-0.25, -0.2) is 0 Å². The average Bonchev–Trinajstić information content (AvgIpc) is 2.59. The number of benzene rings is 1. The number of nitrogens with one attached hydrogen (secondary N) is 1. The van der Waals surface area contributed by atoms with Gasteiger partial charge in [0.2, 0.25) is 5.91 Å². The van der Waals surface area contributed by atoms with Crippen molar-refractivity contribution in [3.63, 3.8) is 0 Å². The van der Waals surface area contributed by atoms with E-state index in [1.165, 1.54) is 5.56 Å². The summed E-state index contributed by atoms with van der Waals surface area (Å²) in [6.07, 6.45) is 1.38. The van der Waals surface area contributed by atoms with E-state index in [9.17, 15) is 4.79 Å². The minimum absolute atomic E-state index is 0.0788. The third-order valence-corrected chi connectivity index (χ3v) is 2.83. The van der Waals surface area contributed by atoms with Gasteiger partial charge in [0, 0.05) is 0 Å². The number of nitrogens with zero attached hydrogens (tertiary/aromatic N) is 1. The first-order valence-electron chi connectivity index (χ1n) is 5.59. The van der Waals surface area contributed by atoms with Crippen molar-refractivity contribution in [3.8, 4) is 0 Å². The first-order valence-corrected chi connectivity index (χ1v) is 5.59. The SMILES string of the molecule is CC1CC(=O)NN1c1ccccc1CCN. The van der Waals surface area contributed by atoms with Crippen LogP contribution in [0, 0.1) is 0 Å². The monoisotopic (exact) mass is 219 g/mol. The standard InChI is InChI=1S/C12H17N3O/c1-9-8-12(16)14-15(9)11-5-3-2-4-10(11)6-7-13/h2-5,9H,6-8,13H2,1H3,(H,14,16). The minimum Gasteiger partial charge on any atom is -0.330 e. The Balaban J connectivity index is 2.28. The maximum Gasteiger partial charge on any atom is 0.240 e. The van der Waals surface area contributed by atoms with Gasteiger partial charge in [0.25, 0.3) is 0 Å². The second-order valence-electron chi connectivity index (χ2n) is 4.13. The molecule has 0 radical (unpaired) electrons. The lowest BCUT2D eigenvalue weighted by Gasteiger charge is -2.25. The van der Waals surface area contributed by atoms with E-state index >= 15 is 0 Å². The van der Waals surface area contributed by atoms with Crippen molar-refractivity contribution in [3.05, 3.63) is 29.8 Å². The lowest BCUT2D eigenvalue weighted by atomic mass is 10.1. The van der Waals surface area contributed by atoms with Crippen LogP contribution in [0.2, 0.25) is 0 Å². The number of rotatable bonds is 3. The Morgan fingerprint density at radius 3 is 2.88 bits per heavy atom. The number of amides is 1. The Hall–Kier alpha value is -1.55. The van der Waals surface area contributed by atoms with E-state index in [2.05, 4.69) is 11.5 Å². The Labute approximate surface area is 95.4 Å². The second kappa shape index (κ2) is 4.53. The van der Waals surface area contributed by atoms with E-state index in [1.807, 2.05) is 30.1 Å². The summed E-state index contributed by atoms with van der Waals surface area (Å²) in [5, 5.41) is 1.94.